The molecule has 1 amide bonds. The number of aryl methyl sites for hydroxylation is 1. The number of carbonyl (C=O) groups is 2. The van der Waals surface area contributed by atoms with Gasteiger partial charge in [-0.2, -0.15) is 0 Å². The minimum absolute atomic E-state index is 0.0408. The van der Waals surface area contributed by atoms with E-state index in [2.05, 4.69) is 37.2 Å². The topological polar surface area (TPSA) is 55.4 Å². The highest BCUT2D eigenvalue weighted by Crippen LogP contribution is 2.60. The second-order valence-electron chi connectivity index (χ2n) is 6.41. The SMILES string of the molecule is Cc1cc(Br)ccc1NC(=O)[C@H]1[C@H]2C[C@H]3[C@H](OC(=O)[C@@H]31)[C@@H]2Br. The minimum Gasteiger partial charge on any atom is -0.461 e. The smallest absolute Gasteiger partial charge is 0.310 e. The fourth-order valence-corrected chi connectivity index (χ4v) is 5.83. The number of anilines is 1. The average molecular weight is 429 g/mol. The Hall–Kier alpha value is -0.880. The largest absolute Gasteiger partial charge is 0.461 e. The Bertz CT molecular complexity index is 677. The number of nitrogens with one attached hydrogen (secondary N) is 1. The van der Waals surface area contributed by atoms with Crippen LogP contribution in [0, 0.1) is 30.6 Å². The Labute approximate surface area is 145 Å². The van der Waals surface area contributed by atoms with Crippen molar-refractivity contribution in [3.8, 4) is 0 Å². The van der Waals surface area contributed by atoms with E-state index in [1.165, 1.54) is 0 Å². The fourth-order valence-electron chi connectivity index (χ4n) is 4.31. The van der Waals surface area contributed by atoms with Crippen molar-refractivity contribution in [1.82, 2.24) is 0 Å². The molecule has 4 nitrogen and oxygen atoms in total. The van der Waals surface area contributed by atoms with E-state index in [9.17, 15) is 9.59 Å². The number of ether oxygens (including phenoxy) is 1. The number of benzene rings is 1. The van der Waals surface area contributed by atoms with Gasteiger partial charge in [-0.15, -0.1) is 0 Å². The number of hydrogen-bond donors (Lipinski definition) is 1. The number of esters is 1. The standard InChI is InChI=1S/C16H15Br2NO3/c1-6-4-7(17)2-3-10(6)19-15(20)11-8-5-9-12(11)16(21)22-14(9)13(8)18/h2-4,8-9,11-14H,5H2,1H3,(H,19,20)/t8-,9-,11+,12+,13-,14+/m1/s1. The van der Waals surface area contributed by atoms with Crippen molar-refractivity contribution in [2.45, 2.75) is 24.3 Å². The van der Waals surface area contributed by atoms with Crippen LogP contribution in [0.4, 0.5) is 5.69 Å². The Morgan fingerprint density at radius 3 is 2.86 bits per heavy atom. The van der Waals surface area contributed by atoms with Gasteiger partial charge >= 0.3 is 5.97 Å². The predicted molar refractivity (Wildman–Crippen MR) is 88.7 cm³/mol. The van der Waals surface area contributed by atoms with Crippen molar-refractivity contribution in [2.24, 2.45) is 23.7 Å². The lowest BCUT2D eigenvalue weighted by molar-refractivity contribution is -0.145. The normalized spacial score (nSPS) is 38.2. The molecule has 0 spiro atoms. The number of carbonyl (C=O) groups excluding carboxylic acids is 2. The fraction of sp³-hybridized carbons (Fsp3) is 0.500. The molecule has 0 aromatic heterocycles. The lowest BCUT2D eigenvalue weighted by Gasteiger charge is -2.27. The molecule has 1 aliphatic heterocycles. The summed E-state index contributed by atoms with van der Waals surface area (Å²) in [6.07, 6.45) is 0.856. The molecule has 6 atom stereocenters. The highest BCUT2D eigenvalue weighted by Gasteiger charge is 2.67. The molecule has 6 heteroatoms. The van der Waals surface area contributed by atoms with Gasteiger partial charge in [-0.1, -0.05) is 31.9 Å². The zero-order valence-corrected chi connectivity index (χ0v) is 15.1. The number of hydrogen-bond acceptors (Lipinski definition) is 3. The summed E-state index contributed by atoms with van der Waals surface area (Å²) < 4.78 is 6.43. The second kappa shape index (κ2) is 5.06. The van der Waals surface area contributed by atoms with Gasteiger partial charge in [-0.3, -0.25) is 9.59 Å². The quantitative estimate of drug-likeness (QED) is 0.581. The lowest BCUT2D eigenvalue weighted by atomic mass is 9.79. The maximum atomic E-state index is 12.8. The first-order valence-electron chi connectivity index (χ1n) is 7.39. The van der Waals surface area contributed by atoms with E-state index in [1.807, 2.05) is 25.1 Å². The number of rotatable bonds is 2. The molecule has 1 saturated heterocycles. The molecule has 22 heavy (non-hydrogen) atoms. The molecule has 1 heterocycles. The Kier molecular flexibility index (Phi) is 3.38. The molecular formula is C16H15Br2NO3. The van der Waals surface area contributed by atoms with E-state index in [-0.39, 0.29) is 46.5 Å². The van der Waals surface area contributed by atoms with Crippen LogP contribution in [0.3, 0.4) is 0 Å². The molecule has 2 bridgehead atoms. The molecule has 0 unspecified atom stereocenters. The van der Waals surface area contributed by atoms with E-state index in [0.717, 1.165) is 22.1 Å². The molecular weight excluding hydrogens is 414 g/mol. The molecule has 1 N–H and O–H groups in total. The Morgan fingerprint density at radius 1 is 1.36 bits per heavy atom. The van der Waals surface area contributed by atoms with E-state index in [4.69, 9.17) is 4.74 Å². The van der Waals surface area contributed by atoms with Crippen LogP contribution in [0.25, 0.3) is 0 Å². The average Bonchev–Trinajstić information content (AvgIpc) is 3.06. The Morgan fingerprint density at radius 2 is 2.14 bits per heavy atom. The first-order chi connectivity index (χ1) is 10.5. The van der Waals surface area contributed by atoms with Gasteiger partial charge in [0.1, 0.15) is 6.10 Å². The van der Waals surface area contributed by atoms with E-state index in [1.54, 1.807) is 0 Å². The third kappa shape index (κ3) is 1.99. The summed E-state index contributed by atoms with van der Waals surface area (Å²) in [4.78, 5) is 25.0. The lowest BCUT2D eigenvalue weighted by Crippen LogP contribution is -2.40. The van der Waals surface area contributed by atoms with Gasteiger partial charge < -0.3 is 10.1 Å². The molecule has 4 rings (SSSR count). The maximum Gasteiger partial charge on any atom is 0.310 e. The second-order valence-corrected chi connectivity index (χ2v) is 8.38. The van der Waals surface area contributed by atoms with Gasteiger partial charge in [0.15, 0.2) is 0 Å². The van der Waals surface area contributed by atoms with Crippen molar-refractivity contribution in [3.05, 3.63) is 28.2 Å². The summed E-state index contributed by atoms with van der Waals surface area (Å²) in [6, 6.07) is 5.74. The van der Waals surface area contributed by atoms with Gasteiger partial charge in [0.2, 0.25) is 5.91 Å². The van der Waals surface area contributed by atoms with Crippen molar-refractivity contribution in [3.63, 3.8) is 0 Å². The molecule has 3 fully saturated rings. The van der Waals surface area contributed by atoms with Crippen molar-refractivity contribution < 1.29 is 14.3 Å². The van der Waals surface area contributed by atoms with Crippen molar-refractivity contribution in [2.75, 3.05) is 5.32 Å². The van der Waals surface area contributed by atoms with Crippen molar-refractivity contribution in [1.29, 1.82) is 0 Å². The van der Waals surface area contributed by atoms with E-state index < -0.39 is 0 Å². The maximum absolute atomic E-state index is 12.8. The summed E-state index contributed by atoms with van der Waals surface area (Å²) in [6.45, 7) is 1.95. The number of alkyl halides is 1. The Balaban J connectivity index is 1.59. The first kappa shape index (κ1) is 14.7. The summed E-state index contributed by atoms with van der Waals surface area (Å²) in [5.74, 6) is -0.439. The zero-order valence-electron chi connectivity index (χ0n) is 11.9. The van der Waals surface area contributed by atoms with Gasteiger partial charge in [-0.25, -0.2) is 0 Å². The van der Waals surface area contributed by atoms with Crippen molar-refractivity contribution >= 4 is 49.4 Å². The highest BCUT2D eigenvalue weighted by atomic mass is 79.9. The molecule has 1 aromatic rings. The molecule has 3 aliphatic rings. The van der Waals surface area contributed by atoms with Gasteiger partial charge in [0.05, 0.1) is 16.7 Å². The summed E-state index contributed by atoms with van der Waals surface area (Å²) >= 11 is 7.05. The molecule has 2 saturated carbocycles. The monoisotopic (exact) mass is 427 g/mol. The van der Waals surface area contributed by atoms with Gasteiger partial charge in [-0.05, 0) is 43.0 Å². The third-order valence-electron chi connectivity index (χ3n) is 5.27. The third-order valence-corrected chi connectivity index (χ3v) is 6.97. The summed E-state index contributed by atoms with van der Waals surface area (Å²) in [5, 5.41) is 3.00. The van der Waals surface area contributed by atoms with Gasteiger partial charge in [0.25, 0.3) is 0 Å². The molecule has 0 radical (unpaired) electrons. The van der Waals surface area contributed by atoms with Gasteiger partial charge in [0, 0.05) is 16.1 Å². The van der Waals surface area contributed by atoms with Crippen LogP contribution in [-0.2, 0) is 14.3 Å². The number of fused-ring (bicyclic) bond motifs is 1. The predicted octanol–water partition coefficient (Wildman–Crippen LogP) is 3.27. The van der Waals surface area contributed by atoms with Crippen LogP contribution in [0.2, 0.25) is 0 Å². The van der Waals surface area contributed by atoms with E-state index in [0.29, 0.717) is 0 Å². The summed E-state index contributed by atoms with van der Waals surface area (Å²) in [5.41, 5.74) is 1.79. The molecule has 2 aliphatic carbocycles. The molecule has 116 valence electrons. The zero-order chi connectivity index (χ0) is 15.6. The van der Waals surface area contributed by atoms with Crippen LogP contribution in [0.1, 0.15) is 12.0 Å². The van der Waals surface area contributed by atoms with Crippen LogP contribution < -0.4 is 5.32 Å². The minimum atomic E-state index is -0.288. The van der Waals surface area contributed by atoms with Crippen LogP contribution in [0.5, 0.6) is 0 Å². The highest BCUT2D eigenvalue weighted by molar-refractivity contribution is 9.10. The summed E-state index contributed by atoms with van der Waals surface area (Å²) in [7, 11) is 0. The van der Waals surface area contributed by atoms with Crippen LogP contribution in [0.15, 0.2) is 22.7 Å². The van der Waals surface area contributed by atoms with Crippen LogP contribution >= 0.6 is 31.9 Å². The number of halogens is 2. The first-order valence-corrected chi connectivity index (χ1v) is 9.10. The molecule has 1 aromatic carbocycles. The van der Waals surface area contributed by atoms with Crippen LogP contribution in [-0.4, -0.2) is 22.8 Å². The number of amides is 1. The van der Waals surface area contributed by atoms with E-state index >= 15 is 0 Å².